The summed E-state index contributed by atoms with van der Waals surface area (Å²) in [6.07, 6.45) is 5.82. The van der Waals surface area contributed by atoms with Crippen LogP contribution in [0.5, 0.6) is 0 Å². The lowest BCUT2D eigenvalue weighted by molar-refractivity contribution is 0.0688. The smallest absolute Gasteiger partial charge is 0.257 e. The molecule has 0 aliphatic heterocycles. The lowest BCUT2D eigenvalue weighted by Gasteiger charge is -2.28. The van der Waals surface area contributed by atoms with E-state index in [-0.39, 0.29) is 23.3 Å². The number of hydrogen-bond donors (Lipinski definition) is 1. The molecular weight excluding hydrogens is 257 g/mol. The first-order valence-corrected chi connectivity index (χ1v) is 7.38. The maximum absolute atomic E-state index is 14.3. The largest absolute Gasteiger partial charge is 0.368 e. The SMILES string of the molecule is CCNc1nccc(C(=O)N(CC)C2CCCC2)c1F. The Hall–Kier alpha value is -1.65. The molecule has 20 heavy (non-hydrogen) atoms. The van der Waals surface area contributed by atoms with Gasteiger partial charge >= 0.3 is 0 Å². The van der Waals surface area contributed by atoms with Crippen LogP contribution < -0.4 is 5.32 Å². The lowest BCUT2D eigenvalue weighted by Crippen LogP contribution is -2.39. The Bertz CT molecular complexity index is 472. The van der Waals surface area contributed by atoms with Gasteiger partial charge in [-0.15, -0.1) is 0 Å². The number of halogens is 1. The average Bonchev–Trinajstić information content (AvgIpc) is 2.96. The minimum Gasteiger partial charge on any atom is -0.368 e. The van der Waals surface area contributed by atoms with Crippen molar-refractivity contribution >= 4 is 11.7 Å². The van der Waals surface area contributed by atoms with Crippen molar-refractivity contribution in [2.24, 2.45) is 0 Å². The molecule has 110 valence electrons. The molecule has 0 saturated heterocycles. The Labute approximate surface area is 119 Å². The summed E-state index contributed by atoms with van der Waals surface area (Å²) in [4.78, 5) is 18.3. The van der Waals surface area contributed by atoms with Crippen molar-refractivity contribution in [1.82, 2.24) is 9.88 Å². The monoisotopic (exact) mass is 279 g/mol. The summed E-state index contributed by atoms with van der Waals surface area (Å²) in [5.41, 5.74) is 0.115. The van der Waals surface area contributed by atoms with Gasteiger partial charge in [0.15, 0.2) is 11.6 Å². The summed E-state index contributed by atoms with van der Waals surface area (Å²) in [7, 11) is 0. The van der Waals surface area contributed by atoms with Crippen LogP contribution in [0.2, 0.25) is 0 Å². The van der Waals surface area contributed by atoms with E-state index < -0.39 is 5.82 Å². The predicted molar refractivity (Wildman–Crippen MR) is 77.3 cm³/mol. The molecule has 1 aliphatic carbocycles. The van der Waals surface area contributed by atoms with Gasteiger partial charge in [0, 0.05) is 25.3 Å². The molecule has 1 fully saturated rings. The number of amides is 1. The number of pyridine rings is 1. The molecule has 5 heteroatoms. The fourth-order valence-electron chi connectivity index (χ4n) is 2.84. The van der Waals surface area contributed by atoms with E-state index in [1.165, 1.54) is 12.3 Å². The molecule has 1 heterocycles. The van der Waals surface area contributed by atoms with Crippen molar-refractivity contribution in [2.75, 3.05) is 18.4 Å². The zero-order valence-corrected chi connectivity index (χ0v) is 12.2. The van der Waals surface area contributed by atoms with Gasteiger partial charge in [-0.05, 0) is 32.8 Å². The highest BCUT2D eigenvalue weighted by Crippen LogP contribution is 2.26. The van der Waals surface area contributed by atoms with Crippen molar-refractivity contribution in [3.63, 3.8) is 0 Å². The number of hydrogen-bond acceptors (Lipinski definition) is 3. The predicted octanol–water partition coefficient (Wildman–Crippen LogP) is 3.06. The Morgan fingerprint density at radius 1 is 1.45 bits per heavy atom. The third-order valence-corrected chi connectivity index (χ3v) is 3.83. The second-order valence-electron chi connectivity index (χ2n) is 5.08. The summed E-state index contributed by atoms with van der Waals surface area (Å²) in [5.74, 6) is -0.616. The van der Waals surface area contributed by atoms with E-state index in [1.807, 2.05) is 13.8 Å². The van der Waals surface area contributed by atoms with Crippen LogP contribution in [-0.2, 0) is 0 Å². The maximum Gasteiger partial charge on any atom is 0.257 e. The van der Waals surface area contributed by atoms with Crippen LogP contribution in [0.15, 0.2) is 12.3 Å². The molecular formula is C15H22FN3O. The van der Waals surface area contributed by atoms with Crippen molar-refractivity contribution in [2.45, 2.75) is 45.6 Å². The Morgan fingerprint density at radius 3 is 2.75 bits per heavy atom. The molecule has 0 bridgehead atoms. The van der Waals surface area contributed by atoms with E-state index in [1.54, 1.807) is 4.90 Å². The molecule has 0 aromatic carbocycles. The number of rotatable bonds is 5. The van der Waals surface area contributed by atoms with Crippen LogP contribution in [0.4, 0.5) is 10.2 Å². The maximum atomic E-state index is 14.3. The van der Waals surface area contributed by atoms with Crippen LogP contribution in [0.3, 0.4) is 0 Å². The van der Waals surface area contributed by atoms with Gasteiger partial charge in [0.05, 0.1) is 5.56 Å². The summed E-state index contributed by atoms with van der Waals surface area (Å²) in [5, 5.41) is 2.84. The number of nitrogens with zero attached hydrogens (tertiary/aromatic N) is 2. The van der Waals surface area contributed by atoms with Gasteiger partial charge in [-0.25, -0.2) is 9.37 Å². The molecule has 0 radical (unpaired) electrons. The molecule has 1 aromatic heterocycles. The molecule has 1 aromatic rings. The highest BCUT2D eigenvalue weighted by atomic mass is 19.1. The summed E-state index contributed by atoms with van der Waals surface area (Å²) in [6.45, 7) is 5.00. The van der Waals surface area contributed by atoms with Crippen LogP contribution in [0.25, 0.3) is 0 Å². The quantitative estimate of drug-likeness (QED) is 0.901. The standard InChI is InChI=1S/C15H22FN3O/c1-3-17-14-13(16)12(9-10-18-14)15(20)19(4-2)11-7-5-6-8-11/h9-11H,3-8H2,1-2H3,(H,17,18). The number of carbonyl (C=O) groups is 1. The Kier molecular flexibility index (Phi) is 4.93. The molecule has 0 atom stereocenters. The first-order chi connectivity index (χ1) is 9.69. The third-order valence-electron chi connectivity index (χ3n) is 3.83. The summed E-state index contributed by atoms with van der Waals surface area (Å²) < 4.78 is 14.3. The molecule has 1 N–H and O–H groups in total. The Balaban J connectivity index is 2.24. The first kappa shape index (κ1) is 14.8. The zero-order chi connectivity index (χ0) is 14.5. The number of carbonyl (C=O) groups excluding carboxylic acids is 1. The van der Waals surface area contributed by atoms with Crippen LogP contribution in [-0.4, -0.2) is 34.9 Å². The van der Waals surface area contributed by atoms with Gasteiger partial charge in [-0.2, -0.15) is 0 Å². The van der Waals surface area contributed by atoms with Gasteiger partial charge in [-0.3, -0.25) is 4.79 Å². The highest BCUT2D eigenvalue weighted by molar-refractivity contribution is 5.95. The molecule has 4 nitrogen and oxygen atoms in total. The topological polar surface area (TPSA) is 45.2 Å². The molecule has 1 amide bonds. The van der Waals surface area contributed by atoms with E-state index in [9.17, 15) is 9.18 Å². The van der Waals surface area contributed by atoms with Gasteiger partial charge < -0.3 is 10.2 Å². The van der Waals surface area contributed by atoms with E-state index >= 15 is 0 Å². The normalized spacial score (nSPS) is 15.3. The fourth-order valence-corrected chi connectivity index (χ4v) is 2.84. The molecule has 0 unspecified atom stereocenters. The van der Waals surface area contributed by atoms with Crippen molar-refractivity contribution in [3.05, 3.63) is 23.6 Å². The molecule has 1 saturated carbocycles. The van der Waals surface area contributed by atoms with E-state index in [4.69, 9.17) is 0 Å². The lowest BCUT2D eigenvalue weighted by atomic mass is 10.1. The second-order valence-corrected chi connectivity index (χ2v) is 5.08. The molecule has 1 aliphatic rings. The van der Waals surface area contributed by atoms with Crippen LogP contribution >= 0.6 is 0 Å². The average molecular weight is 279 g/mol. The molecule has 2 rings (SSSR count). The first-order valence-electron chi connectivity index (χ1n) is 7.38. The Morgan fingerprint density at radius 2 is 2.15 bits per heavy atom. The van der Waals surface area contributed by atoms with Gasteiger partial charge in [0.2, 0.25) is 0 Å². The number of aromatic nitrogens is 1. The van der Waals surface area contributed by atoms with Crippen molar-refractivity contribution in [3.8, 4) is 0 Å². The van der Waals surface area contributed by atoms with Crippen LogP contribution in [0, 0.1) is 5.82 Å². The van der Waals surface area contributed by atoms with Gasteiger partial charge in [0.1, 0.15) is 0 Å². The van der Waals surface area contributed by atoms with E-state index in [0.717, 1.165) is 25.7 Å². The summed E-state index contributed by atoms with van der Waals surface area (Å²) in [6, 6.07) is 1.72. The van der Waals surface area contributed by atoms with E-state index in [0.29, 0.717) is 13.1 Å². The van der Waals surface area contributed by atoms with Crippen LogP contribution in [0.1, 0.15) is 49.9 Å². The van der Waals surface area contributed by atoms with Crippen molar-refractivity contribution < 1.29 is 9.18 Å². The molecule has 0 spiro atoms. The zero-order valence-electron chi connectivity index (χ0n) is 12.2. The van der Waals surface area contributed by atoms with Crippen molar-refractivity contribution in [1.29, 1.82) is 0 Å². The van der Waals surface area contributed by atoms with E-state index in [2.05, 4.69) is 10.3 Å². The third kappa shape index (κ3) is 2.92. The highest BCUT2D eigenvalue weighted by Gasteiger charge is 2.28. The minimum absolute atomic E-state index is 0.115. The summed E-state index contributed by atoms with van der Waals surface area (Å²) >= 11 is 0. The van der Waals surface area contributed by atoms with Gasteiger partial charge in [0.25, 0.3) is 5.91 Å². The number of anilines is 1. The minimum atomic E-state index is -0.546. The fraction of sp³-hybridized carbons (Fsp3) is 0.600. The number of nitrogens with one attached hydrogen (secondary N) is 1. The second kappa shape index (κ2) is 6.68. The van der Waals surface area contributed by atoms with Gasteiger partial charge in [-0.1, -0.05) is 12.8 Å².